The van der Waals surface area contributed by atoms with Crippen LogP contribution in [0.2, 0.25) is 0 Å². The molecule has 1 unspecified atom stereocenters. The van der Waals surface area contributed by atoms with Crippen LogP contribution in [0.4, 0.5) is 4.79 Å². The zero-order valence-electron chi connectivity index (χ0n) is 18.8. The van der Waals surface area contributed by atoms with E-state index >= 15 is 0 Å². The molecule has 2 aromatic carbocycles. The number of rotatable bonds is 9. The van der Waals surface area contributed by atoms with Gasteiger partial charge in [0.1, 0.15) is 12.6 Å². The van der Waals surface area contributed by atoms with Crippen molar-refractivity contribution in [1.29, 1.82) is 0 Å². The molecule has 0 fully saturated rings. The quantitative estimate of drug-likeness (QED) is 0.508. The maximum absolute atomic E-state index is 12.5. The fourth-order valence-electron chi connectivity index (χ4n) is 3.99. The van der Waals surface area contributed by atoms with Crippen LogP contribution in [0.25, 0.3) is 11.1 Å². The minimum atomic E-state index is -1.15. The lowest BCUT2D eigenvalue weighted by Crippen LogP contribution is -2.44. The van der Waals surface area contributed by atoms with Gasteiger partial charge >= 0.3 is 12.1 Å². The Bertz CT molecular complexity index is 1040. The molecule has 0 radical (unpaired) electrons. The highest BCUT2D eigenvalue weighted by molar-refractivity contribution is 5.84. The van der Waals surface area contributed by atoms with Crippen LogP contribution in [0.3, 0.4) is 0 Å². The normalized spacial score (nSPS) is 13.5. The van der Waals surface area contributed by atoms with Gasteiger partial charge in [-0.05, 0) is 35.6 Å². The van der Waals surface area contributed by atoms with Gasteiger partial charge in [-0.1, -0.05) is 55.5 Å². The van der Waals surface area contributed by atoms with Crippen molar-refractivity contribution in [2.24, 2.45) is 0 Å². The summed E-state index contributed by atoms with van der Waals surface area (Å²) in [5.74, 6) is 3.60. The molecule has 0 saturated heterocycles. The van der Waals surface area contributed by atoms with Crippen LogP contribution in [0.5, 0.6) is 0 Å². The van der Waals surface area contributed by atoms with E-state index in [1.807, 2.05) is 43.3 Å². The lowest BCUT2D eigenvalue weighted by Gasteiger charge is -2.19. The largest absolute Gasteiger partial charge is 0.480 e. The van der Waals surface area contributed by atoms with Crippen molar-refractivity contribution in [2.75, 3.05) is 6.61 Å². The Morgan fingerprint density at radius 1 is 1.03 bits per heavy atom. The summed E-state index contributed by atoms with van der Waals surface area (Å²) in [6.45, 7) is 3.62. The van der Waals surface area contributed by atoms with Gasteiger partial charge in [-0.2, -0.15) is 0 Å². The molecule has 1 aliphatic rings. The lowest BCUT2D eigenvalue weighted by molar-refractivity contribution is -0.141. The van der Waals surface area contributed by atoms with Gasteiger partial charge in [0.2, 0.25) is 5.91 Å². The van der Waals surface area contributed by atoms with Crippen molar-refractivity contribution < 1.29 is 24.2 Å². The molecule has 0 bridgehead atoms. The molecule has 3 N–H and O–H groups in total. The third-order valence-corrected chi connectivity index (χ3v) is 5.71. The fourth-order valence-corrected chi connectivity index (χ4v) is 3.99. The first kappa shape index (κ1) is 23.9. The first-order valence-corrected chi connectivity index (χ1v) is 11.0. The molecule has 7 heteroatoms. The lowest BCUT2D eigenvalue weighted by atomic mass is 9.98. The van der Waals surface area contributed by atoms with Gasteiger partial charge in [0.25, 0.3) is 0 Å². The topological polar surface area (TPSA) is 105 Å². The average Bonchev–Trinajstić information content (AvgIpc) is 3.13. The summed E-state index contributed by atoms with van der Waals surface area (Å²) in [5.41, 5.74) is 4.53. The number of carboxylic acids is 1. The Kier molecular flexibility index (Phi) is 8.09. The van der Waals surface area contributed by atoms with Crippen LogP contribution in [-0.2, 0) is 14.3 Å². The van der Waals surface area contributed by atoms with E-state index in [0.717, 1.165) is 22.3 Å². The van der Waals surface area contributed by atoms with E-state index in [1.165, 1.54) is 0 Å². The molecule has 0 heterocycles. The minimum Gasteiger partial charge on any atom is -0.480 e. The number of fused-ring (bicyclic) bond motifs is 3. The van der Waals surface area contributed by atoms with Gasteiger partial charge in [-0.15, -0.1) is 11.8 Å². The highest BCUT2D eigenvalue weighted by Gasteiger charge is 2.29. The van der Waals surface area contributed by atoms with Crippen LogP contribution in [0, 0.1) is 11.8 Å². The third kappa shape index (κ3) is 5.92. The summed E-state index contributed by atoms with van der Waals surface area (Å²) in [6.07, 6.45) is -0.148. The number of hydrogen-bond donors (Lipinski definition) is 3. The monoisotopic (exact) mass is 448 g/mol. The number of alkyl carbamates (subject to hydrolysis) is 1. The molecule has 33 heavy (non-hydrogen) atoms. The van der Waals surface area contributed by atoms with E-state index < -0.39 is 30.1 Å². The number of aliphatic carboxylic acids is 1. The van der Waals surface area contributed by atoms with Crippen molar-refractivity contribution >= 4 is 18.0 Å². The molecule has 0 saturated carbocycles. The fraction of sp³-hybridized carbons (Fsp3) is 0.346. The Hall–Kier alpha value is -3.79. The Morgan fingerprint density at radius 3 is 2.18 bits per heavy atom. The third-order valence-electron chi connectivity index (χ3n) is 5.71. The number of benzene rings is 2. The Labute approximate surface area is 193 Å². The number of ether oxygens (including phenoxy) is 1. The number of carboxylic acid groups (broad SMARTS) is 1. The van der Waals surface area contributed by atoms with Gasteiger partial charge in [-0.25, -0.2) is 9.59 Å². The number of hydrogen-bond acceptors (Lipinski definition) is 4. The molecule has 0 spiro atoms. The second kappa shape index (κ2) is 11.2. The van der Waals surface area contributed by atoms with Gasteiger partial charge in [0.15, 0.2) is 0 Å². The highest BCUT2D eigenvalue weighted by atomic mass is 16.5. The van der Waals surface area contributed by atoms with Crippen LogP contribution in [0.1, 0.15) is 50.2 Å². The van der Waals surface area contributed by atoms with E-state index in [1.54, 1.807) is 6.92 Å². The first-order chi connectivity index (χ1) is 15.9. The molecule has 2 amide bonds. The molecule has 0 aliphatic heterocycles. The van der Waals surface area contributed by atoms with Crippen molar-refractivity contribution in [3.63, 3.8) is 0 Å². The number of carbonyl (C=O) groups is 3. The van der Waals surface area contributed by atoms with Crippen LogP contribution in [0.15, 0.2) is 48.5 Å². The minimum absolute atomic E-state index is 0.0220. The van der Waals surface area contributed by atoms with Crippen LogP contribution >= 0.6 is 0 Å². The zero-order valence-corrected chi connectivity index (χ0v) is 18.8. The van der Waals surface area contributed by atoms with Crippen molar-refractivity contribution in [3.05, 3.63) is 59.7 Å². The maximum atomic E-state index is 12.5. The second-order valence-electron chi connectivity index (χ2n) is 7.87. The first-order valence-electron chi connectivity index (χ1n) is 11.0. The maximum Gasteiger partial charge on any atom is 0.407 e. The summed E-state index contributed by atoms with van der Waals surface area (Å²) < 4.78 is 5.53. The van der Waals surface area contributed by atoms with Gasteiger partial charge < -0.3 is 20.5 Å². The van der Waals surface area contributed by atoms with E-state index in [0.29, 0.717) is 6.42 Å². The van der Waals surface area contributed by atoms with E-state index in [4.69, 9.17) is 4.74 Å². The van der Waals surface area contributed by atoms with E-state index in [2.05, 4.69) is 34.6 Å². The Morgan fingerprint density at radius 2 is 1.64 bits per heavy atom. The highest BCUT2D eigenvalue weighted by Crippen LogP contribution is 2.44. The molecule has 2 atom stereocenters. The number of amides is 2. The molecule has 2 aromatic rings. The number of carbonyl (C=O) groups excluding carboxylic acids is 2. The van der Waals surface area contributed by atoms with Crippen LogP contribution < -0.4 is 10.6 Å². The van der Waals surface area contributed by atoms with Gasteiger partial charge in [0.05, 0.1) is 0 Å². The molecular weight excluding hydrogens is 420 g/mol. The zero-order chi connectivity index (χ0) is 23.8. The van der Waals surface area contributed by atoms with Gasteiger partial charge in [-0.3, -0.25) is 4.79 Å². The molecular formula is C26H28N2O5. The molecule has 7 nitrogen and oxygen atoms in total. The summed E-state index contributed by atoms with van der Waals surface area (Å²) in [4.78, 5) is 36.1. The predicted molar refractivity (Wildman–Crippen MR) is 125 cm³/mol. The molecule has 172 valence electrons. The summed E-state index contributed by atoms with van der Waals surface area (Å²) in [7, 11) is 0. The smallest absolute Gasteiger partial charge is 0.407 e. The molecule has 1 aliphatic carbocycles. The standard InChI is InChI=1S/C26H28N2O5/c1-3-5-14-23(25(30)31)28-24(29)15-17(4-2)27-26(32)33-16-22-20-12-8-6-10-18(20)19-11-7-9-13-21(19)22/h6-13,17,22-23H,4,14-16H2,1-2H3,(H,27,32)(H,28,29)(H,30,31)/t17-,23?/m1/s1. The summed E-state index contributed by atoms with van der Waals surface area (Å²) >= 11 is 0. The van der Waals surface area contributed by atoms with Crippen molar-refractivity contribution in [2.45, 2.75) is 51.1 Å². The Balaban J connectivity index is 1.56. The molecule has 0 aromatic heterocycles. The predicted octanol–water partition coefficient (Wildman–Crippen LogP) is 3.68. The SMILES string of the molecule is CC#CCC(NC(=O)C[C@@H](CC)NC(=O)OCC1c2ccccc2-c2ccccc21)C(=O)O. The summed E-state index contributed by atoms with van der Waals surface area (Å²) in [5, 5.41) is 14.4. The number of nitrogens with one attached hydrogen (secondary N) is 2. The van der Waals surface area contributed by atoms with Crippen LogP contribution in [-0.4, -0.2) is 41.8 Å². The summed E-state index contributed by atoms with van der Waals surface area (Å²) in [6, 6.07) is 14.6. The van der Waals surface area contributed by atoms with Crippen molar-refractivity contribution in [3.8, 4) is 23.0 Å². The van der Waals surface area contributed by atoms with Crippen molar-refractivity contribution in [1.82, 2.24) is 10.6 Å². The van der Waals surface area contributed by atoms with Gasteiger partial charge in [0, 0.05) is 24.8 Å². The molecule has 3 rings (SSSR count). The average molecular weight is 449 g/mol. The second-order valence-corrected chi connectivity index (χ2v) is 7.87. The van der Waals surface area contributed by atoms with E-state index in [9.17, 15) is 19.5 Å². The van der Waals surface area contributed by atoms with E-state index in [-0.39, 0.29) is 25.4 Å².